The number of ether oxygens (including phenoxy) is 1. The van der Waals surface area contributed by atoms with Gasteiger partial charge < -0.3 is 4.74 Å². The smallest absolute Gasteiger partial charge is 0.143 e. The summed E-state index contributed by atoms with van der Waals surface area (Å²) in [6.45, 7) is 2.89. The lowest BCUT2D eigenvalue weighted by atomic mass is 10.0. The van der Waals surface area contributed by atoms with Crippen molar-refractivity contribution in [3.63, 3.8) is 0 Å². The molecule has 2 heterocycles. The van der Waals surface area contributed by atoms with Gasteiger partial charge >= 0.3 is 0 Å². The van der Waals surface area contributed by atoms with E-state index in [1.165, 1.54) is 11.1 Å². The van der Waals surface area contributed by atoms with Crippen molar-refractivity contribution >= 4 is 22.6 Å². The molecule has 2 rings (SSSR count). The van der Waals surface area contributed by atoms with Gasteiger partial charge in [-0.15, -0.1) is 0 Å². The molecule has 3 heteroatoms. The van der Waals surface area contributed by atoms with Gasteiger partial charge in [0.1, 0.15) is 3.61 Å². The van der Waals surface area contributed by atoms with Gasteiger partial charge in [-0.1, -0.05) is 0 Å². The van der Waals surface area contributed by atoms with Crippen molar-refractivity contribution < 1.29 is 4.74 Å². The predicted octanol–water partition coefficient (Wildman–Crippen LogP) is 2.26. The number of aromatic nitrogens is 1. The Morgan fingerprint density at radius 1 is 1.67 bits per heavy atom. The summed E-state index contributed by atoms with van der Waals surface area (Å²) >= 11 is 2.32. The molecule has 1 aromatic rings. The van der Waals surface area contributed by atoms with Crippen molar-refractivity contribution in [3.8, 4) is 0 Å². The molecule has 1 aliphatic rings. The molecule has 1 aliphatic heterocycles. The van der Waals surface area contributed by atoms with E-state index >= 15 is 0 Å². The van der Waals surface area contributed by atoms with E-state index in [1.807, 2.05) is 12.4 Å². The zero-order valence-corrected chi connectivity index (χ0v) is 9.04. The lowest BCUT2D eigenvalue weighted by molar-refractivity contribution is 0.0401. The fourth-order valence-electron chi connectivity index (χ4n) is 1.47. The van der Waals surface area contributed by atoms with Crippen LogP contribution in [0.2, 0.25) is 0 Å². The first-order valence-corrected chi connectivity index (χ1v) is 5.04. The van der Waals surface area contributed by atoms with Crippen LogP contribution < -0.4 is 0 Å². The van der Waals surface area contributed by atoms with Gasteiger partial charge in [-0.05, 0) is 47.6 Å². The predicted molar refractivity (Wildman–Crippen MR) is 55.3 cm³/mol. The van der Waals surface area contributed by atoms with Crippen molar-refractivity contribution in [2.24, 2.45) is 0 Å². The molecule has 1 unspecified atom stereocenters. The third-order valence-electron chi connectivity index (χ3n) is 2.14. The number of pyridine rings is 1. The fraction of sp³-hybridized carbons (Fsp3) is 0.444. The van der Waals surface area contributed by atoms with Crippen LogP contribution in [0.15, 0.2) is 18.5 Å². The summed E-state index contributed by atoms with van der Waals surface area (Å²) in [5.74, 6) is 0. The Morgan fingerprint density at radius 2 is 2.50 bits per heavy atom. The lowest BCUT2D eigenvalue weighted by Gasteiger charge is -2.30. The Kier molecular flexibility index (Phi) is 2.08. The standard InChI is InChI=1S/C9H10INO/c1-9(10)8-6-11-4-2-7(8)3-5-12-9/h2,4,6H,3,5H2,1H3. The number of halogens is 1. The molecule has 0 aromatic carbocycles. The highest BCUT2D eigenvalue weighted by atomic mass is 127. The van der Waals surface area contributed by atoms with Crippen molar-refractivity contribution in [3.05, 3.63) is 29.6 Å². The zero-order valence-electron chi connectivity index (χ0n) is 6.88. The second-order valence-electron chi connectivity index (χ2n) is 3.05. The lowest BCUT2D eigenvalue weighted by Crippen LogP contribution is -2.26. The number of fused-ring (bicyclic) bond motifs is 1. The molecular formula is C9H10INO. The SMILES string of the molecule is CC1(I)OCCc2ccncc21. The summed E-state index contributed by atoms with van der Waals surface area (Å²) < 4.78 is 5.46. The topological polar surface area (TPSA) is 22.1 Å². The third-order valence-corrected chi connectivity index (χ3v) is 3.03. The van der Waals surface area contributed by atoms with Gasteiger partial charge in [0, 0.05) is 18.0 Å². The minimum absolute atomic E-state index is 0.181. The molecule has 1 atom stereocenters. The van der Waals surface area contributed by atoms with Crippen LogP contribution in [0, 0.1) is 0 Å². The highest BCUT2D eigenvalue weighted by Crippen LogP contribution is 2.37. The highest BCUT2D eigenvalue weighted by Gasteiger charge is 2.29. The molecule has 0 N–H and O–H groups in total. The maximum atomic E-state index is 5.64. The summed E-state index contributed by atoms with van der Waals surface area (Å²) in [6.07, 6.45) is 4.76. The Bertz CT molecular complexity index is 298. The summed E-state index contributed by atoms with van der Waals surface area (Å²) in [6, 6.07) is 2.08. The van der Waals surface area contributed by atoms with E-state index in [0.717, 1.165) is 13.0 Å². The molecule has 0 bridgehead atoms. The number of alkyl halides is 1. The molecule has 0 saturated heterocycles. The maximum absolute atomic E-state index is 5.64. The Labute approximate surface area is 85.5 Å². The van der Waals surface area contributed by atoms with Crippen LogP contribution in [-0.4, -0.2) is 11.6 Å². The van der Waals surface area contributed by atoms with E-state index in [0.29, 0.717) is 0 Å². The van der Waals surface area contributed by atoms with Gasteiger partial charge in [0.05, 0.1) is 6.61 Å². The van der Waals surface area contributed by atoms with E-state index in [1.54, 1.807) is 0 Å². The van der Waals surface area contributed by atoms with Crippen molar-refractivity contribution in [2.45, 2.75) is 17.0 Å². The molecule has 0 aliphatic carbocycles. The number of nitrogens with zero attached hydrogens (tertiary/aromatic N) is 1. The summed E-state index contributed by atoms with van der Waals surface area (Å²) in [5.41, 5.74) is 2.59. The molecule has 0 spiro atoms. The Balaban J connectivity index is 2.52. The van der Waals surface area contributed by atoms with Gasteiger partial charge in [0.25, 0.3) is 0 Å². The van der Waals surface area contributed by atoms with Crippen LogP contribution in [0.25, 0.3) is 0 Å². The molecule has 12 heavy (non-hydrogen) atoms. The van der Waals surface area contributed by atoms with Crippen molar-refractivity contribution in [1.82, 2.24) is 4.98 Å². The van der Waals surface area contributed by atoms with Gasteiger partial charge in [0.2, 0.25) is 0 Å². The van der Waals surface area contributed by atoms with Crippen molar-refractivity contribution in [2.75, 3.05) is 6.61 Å². The molecule has 0 fully saturated rings. The second kappa shape index (κ2) is 2.96. The first-order chi connectivity index (χ1) is 5.70. The molecular weight excluding hydrogens is 265 g/mol. The van der Waals surface area contributed by atoms with E-state index < -0.39 is 0 Å². The monoisotopic (exact) mass is 275 g/mol. The third kappa shape index (κ3) is 1.35. The summed E-state index contributed by atoms with van der Waals surface area (Å²) in [4.78, 5) is 4.11. The number of hydrogen-bond acceptors (Lipinski definition) is 2. The Morgan fingerprint density at radius 3 is 3.25 bits per heavy atom. The average Bonchev–Trinajstić information content (AvgIpc) is 2.04. The quantitative estimate of drug-likeness (QED) is 0.535. The second-order valence-corrected chi connectivity index (χ2v) is 5.11. The van der Waals surface area contributed by atoms with E-state index in [4.69, 9.17) is 4.74 Å². The summed E-state index contributed by atoms with van der Waals surface area (Å²) in [5, 5.41) is 0. The first-order valence-electron chi connectivity index (χ1n) is 3.96. The molecule has 1 aromatic heterocycles. The minimum atomic E-state index is -0.181. The van der Waals surface area contributed by atoms with Gasteiger partial charge in [0.15, 0.2) is 0 Å². The van der Waals surface area contributed by atoms with E-state index in [9.17, 15) is 0 Å². The van der Waals surface area contributed by atoms with Crippen LogP contribution in [-0.2, 0) is 14.8 Å². The number of rotatable bonds is 0. The van der Waals surface area contributed by atoms with Gasteiger partial charge in [-0.3, -0.25) is 4.98 Å². The highest BCUT2D eigenvalue weighted by molar-refractivity contribution is 14.1. The minimum Gasteiger partial charge on any atom is -0.360 e. The zero-order chi connectivity index (χ0) is 8.60. The molecule has 0 amide bonds. The Hall–Kier alpha value is -0.160. The molecule has 0 radical (unpaired) electrons. The van der Waals surface area contributed by atoms with Crippen LogP contribution >= 0.6 is 22.6 Å². The van der Waals surface area contributed by atoms with Crippen LogP contribution in [0.3, 0.4) is 0 Å². The maximum Gasteiger partial charge on any atom is 0.143 e. The van der Waals surface area contributed by atoms with Crippen LogP contribution in [0.1, 0.15) is 18.1 Å². The molecule has 2 nitrogen and oxygen atoms in total. The van der Waals surface area contributed by atoms with Gasteiger partial charge in [-0.25, -0.2) is 0 Å². The van der Waals surface area contributed by atoms with Crippen molar-refractivity contribution in [1.29, 1.82) is 0 Å². The van der Waals surface area contributed by atoms with Gasteiger partial charge in [-0.2, -0.15) is 0 Å². The first kappa shape index (κ1) is 8.44. The normalized spacial score (nSPS) is 28.2. The summed E-state index contributed by atoms with van der Waals surface area (Å²) in [7, 11) is 0. The average molecular weight is 275 g/mol. The van der Waals surface area contributed by atoms with Crippen LogP contribution in [0.5, 0.6) is 0 Å². The molecule has 64 valence electrons. The van der Waals surface area contributed by atoms with E-state index in [2.05, 4.69) is 40.6 Å². The molecule has 0 saturated carbocycles. The van der Waals surface area contributed by atoms with E-state index in [-0.39, 0.29) is 3.61 Å². The fourth-order valence-corrected chi connectivity index (χ4v) is 2.18. The largest absolute Gasteiger partial charge is 0.360 e. The van der Waals surface area contributed by atoms with Crippen LogP contribution in [0.4, 0.5) is 0 Å². The number of hydrogen-bond donors (Lipinski definition) is 0.